The van der Waals surface area contributed by atoms with E-state index >= 15 is 0 Å². The summed E-state index contributed by atoms with van der Waals surface area (Å²) < 4.78 is 1.07. The smallest absolute Gasteiger partial charge is 0.122 e. The van der Waals surface area contributed by atoms with Gasteiger partial charge in [0.2, 0.25) is 0 Å². The molecule has 19 heavy (non-hydrogen) atoms. The number of quaternary nitrogens is 1. The summed E-state index contributed by atoms with van der Waals surface area (Å²) in [6.07, 6.45) is 6.22. The van der Waals surface area contributed by atoms with Crippen LogP contribution in [-0.2, 0) is 0 Å². The summed E-state index contributed by atoms with van der Waals surface area (Å²) in [6.45, 7) is 24.7. The molecule has 0 amide bonds. The van der Waals surface area contributed by atoms with Crippen molar-refractivity contribution in [2.24, 2.45) is 0 Å². The molecule has 0 aliphatic carbocycles. The molecule has 0 spiro atoms. The highest BCUT2D eigenvalue weighted by atomic mass is 28.3. The van der Waals surface area contributed by atoms with E-state index in [1.807, 2.05) is 0 Å². The molecule has 0 saturated heterocycles. The van der Waals surface area contributed by atoms with Crippen LogP contribution < -0.4 is 0 Å². The summed E-state index contributed by atoms with van der Waals surface area (Å²) >= 11 is 0. The molecule has 0 fully saturated rings. The standard InChI is InChI=1S/C17H34NSi/c1-8-14-18(15-9-2,16-10-3)17(7)19(11-4,12-5)13-6/h8-10,17H,1-3,11-16H2,4-7H3/q+1. The Bertz CT molecular complexity index is 257. The Kier molecular flexibility index (Phi) is 8.27. The summed E-state index contributed by atoms with van der Waals surface area (Å²) in [5.41, 5.74) is 0.724. The highest BCUT2D eigenvalue weighted by Gasteiger charge is 2.45. The van der Waals surface area contributed by atoms with Crippen molar-refractivity contribution in [2.75, 3.05) is 19.6 Å². The number of rotatable bonds is 11. The van der Waals surface area contributed by atoms with Gasteiger partial charge in [-0.1, -0.05) is 58.6 Å². The second-order valence-corrected chi connectivity index (χ2v) is 11.4. The van der Waals surface area contributed by atoms with E-state index < -0.39 is 8.07 Å². The Hall–Kier alpha value is -0.603. The zero-order chi connectivity index (χ0) is 14.9. The topological polar surface area (TPSA) is 0 Å². The van der Waals surface area contributed by atoms with Crippen LogP contribution in [0, 0.1) is 0 Å². The first-order chi connectivity index (χ1) is 9.02. The van der Waals surface area contributed by atoms with Crippen molar-refractivity contribution < 1.29 is 4.48 Å². The van der Waals surface area contributed by atoms with Gasteiger partial charge in [-0.05, 0) is 25.2 Å². The first kappa shape index (κ1) is 18.4. The molecule has 2 heteroatoms. The fourth-order valence-electron chi connectivity index (χ4n) is 3.69. The lowest BCUT2D eigenvalue weighted by Gasteiger charge is -2.49. The van der Waals surface area contributed by atoms with Crippen LogP contribution in [-0.4, -0.2) is 37.9 Å². The Morgan fingerprint density at radius 3 is 1.37 bits per heavy atom. The molecule has 0 aliphatic heterocycles. The van der Waals surface area contributed by atoms with Crippen LogP contribution in [0.15, 0.2) is 38.0 Å². The first-order valence-electron chi connectivity index (χ1n) is 7.70. The van der Waals surface area contributed by atoms with Crippen LogP contribution >= 0.6 is 0 Å². The van der Waals surface area contributed by atoms with E-state index in [2.05, 4.69) is 65.7 Å². The Labute approximate surface area is 122 Å². The predicted octanol–water partition coefficient (Wildman–Crippen LogP) is 4.80. The molecule has 0 bridgehead atoms. The molecule has 0 aliphatic rings. The predicted molar refractivity (Wildman–Crippen MR) is 92.1 cm³/mol. The average Bonchev–Trinajstić information content (AvgIpc) is 2.42. The quantitative estimate of drug-likeness (QED) is 0.290. The van der Waals surface area contributed by atoms with Gasteiger partial charge in [-0.3, -0.25) is 0 Å². The van der Waals surface area contributed by atoms with Crippen molar-refractivity contribution in [3.05, 3.63) is 38.0 Å². The lowest BCUT2D eigenvalue weighted by molar-refractivity contribution is -0.923. The molecule has 0 radical (unpaired) electrons. The molecule has 0 aromatic carbocycles. The van der Waals surface area contributed by atoms with Gasteiger partial charge in [0.15, 0.2) is 0 Å². The minimum absolute atomic E-state index is 0.724. The van der Waals surface area contributed by atoms with Crippen molar-refractivity contribution in [3.8, 4) is 0 Å². The van der Waals surface area contributed by atoms with Crippen LogP contribution in [0.2, 0.25) is 18.1 Å². The number of nitrogens with zero attached hydrogens (tertiary/aromatic N) is 1. The molecule has 0 heterocycles. The minimum atomic E-state index is -1.24. The zero-order valence-corrected chi connectivity index (χ0v) is 14.6. The molecular formula is C17H34NSi+. The van der Waals surface area contributed by atoms with E-state index in [0.717, 1.165) is 29.8 Å². The zero-order valence-electron chi connectivity index (χ0n) is 13.6. The lowest BCUT2D eigenvalue weighted by atomic mass is 10.3. The third kappa shape index (κ3) is 3.93. The molecule has 0 aromatic heterocycles. The molecule has 1 atom stereocenters. The van der Waals surface area contributed by atoms with Crippen LogP contribution in [0.5, 0.6) is 0 Å². The first-order valence-corrected chi connectivity index (χ1v) is 10.4. The van der Waals surface area contributed by atoms with Gasteiger partial charge in [-0.2, -0.15) is 0 Å². The third-order valence-corrected chi connectivity index (χ3v) is 11.8. The van der Waals surface area contributed by atoms with Gasteiger partial charge in [-0.15, -0.1) is 0 Å². The van der Waals surface area contributed by atoms with Gasteiger partial charge in [0.25, 0.3) is 0 Å². The van der Waals surface area contributed by atoms with Gasteiger partial charge in [0, 0.05) is 0 Å². The molecule has 0 saturated carbocycles. The van der Waals surface area contributed by atoms with Gasteiger partial charge < -0.3 is 4.48 Å². The summed E-state index contributed by atoms with van der Waals surface area (Å²) in [4.78, 5) is 0. The van der Waals surface area contributed by atoms with Crippen molar-refractivity contribution >= 4 is 8.07 Å². The van der Waals surface area contributed by atoms with E-state index in [-0.39, 0.29) is 0 Å². The highest BCUT2D eigenvalue weighted by molar-refractivity contribution is 6.80. The Balaban J connectivity index is 5.59. The largest absolute Gasteiger partial charge is 0.315 e. The van der Waals surface area contributed by atoms with Gasteiger partial charge >= 0.3 is 0 Å². The van der Waals surface area contributed by atoms with Gasteiger partial charge in [0.05, 0.1) is 25.3 Å². The molecule has 0 rings (SSSR count). The summed E-state index contributed by atoms with van der Waals surface area (Å²) in [5, 5.41) is 0. The summed E-state index contributed by atoms with van der Waals surface area (Å²) in [5.74, 6) is 0. The van der Waals surface area contributed by atoms with Crippen LogP contribution in [0.3, 0.4) is 0 Å². The normalized spacial score (nSPS) is 13.9. The minimum Gasteiger partial charge on any atom is -0.315 e. The molecular weight excluding hydrogens is 246 g/mol. The number of hydrogen-bond acceptors (Lipinski definition) is 0. The van der Waals surface area contributed by atoms with Crippen LogP contribution in [0.1, 0.15) is 27.7 Å². The lowest BCUT2D eigenvalue weighted by Crippen LogP contribution is -2.65. The van der Waals surface area contributed by atoms with E-state index in [9.17, 15) is 0 Å². The molecule has 0 aromatic rings. The second kappa shape index (κ2) is 8.54. The van der Waals surface area contributed by atoms with Crippen molar-refractivity contribution in [1.82, 2.24) is 0 Å². The third-order valence-electron chi connectivity index (χ3n) is 5.30. The number of hydrogen-bond donors (Lipinski definition) is 0. The van der Waals surface area contributed by atoms with Crippen LogP contribution in [0.25, 0.3) is 0 Å². The Morgan fingerprint density at radius 2 is 1.16 bits per heavy atom. The fourth-order valence-corrected chi connectivity index (χ4v) is 8.44. The molecule has 110 valence electrons. The van der Waals surface area contributed by atoms with E-state index in [0.29, 0.717) is 0 Å². The maximum absolute atomic E-state index is 3.98. The van der Waals surface area contributed by atoms with Crippen LogP contribution in [0.4, 0.5) is 0 Å². The highest BCUT2D eigenvalue weighted by Crippen LogP contribution is 2.32. The molecule has 1 unspecified atom stereocenters. The summed E-state index contributed by atoms with van der Waals surface area (Å²) in [6, 6.07) is 4.10. The van der Waals surface area contributed by atoms with E-state index in [1.54, 1.807) is 0 Å². The van der Waals surface area contributed by atoms with Crippen molar-refractivity contribution in [2.45, 2.75) is 51.5 Å². The van der Waals surface area contributed by atoms with Crippen molar-refractivity contribution in [3.63, 3.8) is 0 Å². The summed E-state index contributed by atoms with van der Waals surface area (Å²) in [7, 11) is -1.24. The van der Waals surface area contributed by atoms with E-state index in [4.69, 9.17) is 0 Å². The molecule has 1 nitrogen and oxygen atoms in total. The van der Waals surface area contributed by atoms with Gasteiger partial charge in [0.1, 0.15) is 8.07 Å². The van der Waals surface area contributed by atoms with Crippen molar-refractivity contribution in [1.29, 1.82) is 0 Å². The SMILES string of the molecule is C=CC[N+](CC=C)(CC=C)C(C)[Si](CC)(CC)CC. The molecule has 0 N–H and O–H groups in total. The Morgan fingerprint density at radius 1 is 0.842 bits per heavy atom. The van der Waals surface area contributed by atoms with Gasteiger partial charge in [-0.25, -0.2) is 0 Å². The maximum atomic E-state index is 3.98. The average molecular weight is 281 g/mol. The van der Waals surface area contributed by atoms with E-state index in [1.165, 1.54) is 18.1 Å². The second-order valence-electron chi connectivity index (χ2n) is 5.73. The maximum Gasteiger partial charge on any atom is 0.122 e. The monoisotopic (exact) mass is 280 g/mol. The fraction of sp³-hybridized carbons (Fsp3) is 0.647.